The van der Waals surface area contributed by atoms with Gasteiger partial charge in [0.1, 0.15) is 23.5 Å². The molecule has 0 saturated carbocycles. The van der Waals surface area contributed by atoms with E-state index in [-0.39, 0.29) is 11.9 Å². The Hall–Kier alpha value is -4.07. The summed E-state index contributed by atoms with van der Waals surface area (Å²) in [5, 5.41) is 0. The SMILES string of the molecule is CC(=O)Oc1ccc([C@H]2C(=O)N(c3ccc(F)cc3)[C@H]2CC[C@@H](OC(C)=O)c2ccc(F)cc2)cc1. The lowest BCUT2D eigenvalue weighted by Gasteiger charge is -2.48. The van der Waals surface area contributed by atoms with Gasteiger partial charge in [-0.25, -0.2) is 8.78 Å². The molecule has 0 radical (unpaired) electrons. The fraction of sp³-hybridized carbons (Fsp3) is 0.250. The summed E-state index contributed by atoms with van der Waals surface area (Å²) in [5.41, 5.74) is 1.95. The number of esters is 2. The summed E-state index contributed by atoms with van der Waals surface area (Å²) < 4.78 is 37.5. The molecule has 6 nitrogen and oxygen atoms in total. The van der Waals surface area contributed by atoms with E-state index in [9.17, 15) is 23.2 Å². The quantitative estimate of drug-likeness (QED) is 0.236. The highest BCUT2D eigenvalue weighted by atomic mass is 19.1. The molecule has 1 heterocycles. The fourth-order valence-corrected chi connectivity index (χ4v) is 4.53. The molecular formula is C28H25F2NO5. The summed E-state index contributed by atoms with van der Waals surface area (Å²) in [6.45, 7) is 2.61. The van der Waals surface area contributed by atoms with Crippen molar-refractivity contribution < 1.29 is 32.6 Å². The van der Waals surface area contributed by atoms with E-state index in [0.29, 0.717) is 29.8 Å². The van der Waals surface area contributed by atoms with Gasteiger partial charge in [0, 0.05) is 19.5 Å². The number of carbonyl (C=O) groups is 3. The van der Waals surface area contributed by atoms with Gasteiger partial charge in [0.2, 0.25) is 5.91 Å². The Morgan fingerprint density at radius 2 is 1.44 bits per heavy atom. The van der Waals surface area contributed by atoms with Crippen LogP contribution in [0.25, 0.3) is 0 Å². The number of amides is 1. The van der Waals surface area contributed by atoms with E-state index in [4.69, 9.17) is 9.47 Å². The predicted octanol–water partition coefficient (Wildman–Crippen LogP) is 5.47. The van der Waals surface area contributed by atoms with Crippen molar-refractivity contribution in [2.45, 2.75) is 44.8 Å². The van der Waals surface area contributed by atoms with Crippen molar-refractivity contribution in [3.8, 4) is 5.75 Å². The maximum Gasteiger partial charge on any atom is 0.308 e. The molecule has 0 aliphatic carbocycles. The lowest BCUT2D eigenvalue weighted by atomic mass is 9.78. The lowest BCUT2D eigenvalue weighted by molar-refractivity contribution is -0.147. The summed E-state index contributed by atoms with van der Waals surface area (Å²) in [5.74, 6) is -2.00. The van der Waals surface area contributed by atoms with Crippen molar-refractivity contribution in [3.63, 3.8) is 0 Å². The number of hydrogen-bond acceptors (Lipinski definition) is 5. The second-order valence-electron chi connectivity index (χ2n) is 8.62. The Balaban J connectivity index is 1.60. The highest BCUT2D eigenvalue weighted by molar-refractivity contribution is 6.06. The molecule has 0 N–H and O–H groups in total. The van der Waals surface area contributed by atoms with Crippen LogP contribution < -0.4 is 9.64 Å². The molecule has 3 aromatic rings. The van der Waals surface area contributed by atoms with E-state index < -0.39 is 35.6 Å². The second-order valence-corrected chi connectivity index (χ2v) is 8.62. The van der Waals surface area contributed by atoms with Gasteiger partial charge in [-0.2, -0.15) is 0 Å². The molecule has 0 bridgehead atoms. The number of ether oxygens (including phenoxy) is 2. The normalized spacial score (nSPS) is 17.8. The van der Waals surface area contributed by atoms with Crippen LogP contribution in [0, 0.1) is 11.6 Å². The van der Waals surface area contributed by atoms with Crippen LogP contribution in [-0.2, 0) is 19.1 Å². The number of hydrogen-bond donors (Lipinski definition) is 0. The topological polar surface area (TPSA) is 72.9 Å². The third kappa shape index (κ3) is 5.59. The Morgan fingerprint density at radius 1 is 0.861 bits per heavy atom. The van der Waals surface area contributed by atoms with Crippen molar-refractivity contribution in [1.82, 2.24) is 0 Å². The minimum Gasteiger partial charge on any atom is -0.458 e. The van der Waals surface area contributed by atoms with Crippen LogP contribution in [0.2, 0.25) is 0 Å². The molecule has 0 aromatic heterocycles. The highest BCUT2D eigenvalue weighted by Gasteiger charge is 2.48. The summed E-state index contributed by atoms with van der Waals surface area (Å²) >= 11 is 0. The van der Waals surface area contributed by atoms with Crippen molar-refractivity contribution in [3.05, 3.63) is 95.6 Å². The number of anilines is 1. The molecule has 36 heavy (non-hydrogen) atoms. The summed E-state index contributed by atoms with van der Waals surface area (Å²) in [6, 6.07) is 17.8. The molecule has 0 spiro atoms. The van der Waals surface area contributed by atoms with E-state index in [0.717, 1.165) is 5.56 Å². The molecule has 1 saturated heterocycles. The van der Waals surface area contributed by atoms with Gasteiger partial charge in [-0.05, 0) is 72.5 Å². The zero-order chi connectivity index (χ0) is 25.8. The third-order valence-corrected chi connectivity index (χ3v) is 6.10. The molecule has 1 fully saturated rings. The van der Waals surface area contributed by atoms with Crippen LogP contribution in [0.4, 0.5) is 14.5 Å². The number of benzene rings is 3. The first-order valence-electron chi connectivity index (χ1n) is 11.5. The first kappa shape index (κ1) is 25.0. The minimum atomic E-state index is -0.624. The zero-order valence-electron chi connectivity index (χ0n) is 19.8. The Bertz CT molecular complexity index is 1240. The van der Waals surface area contributed by atoms with Crippen molar-refractivity contribution in [2.24, 2.45) is 0 Å². The highest BCUT2D eigenvalue weighted by Crippen LogP contribution is 2.43. The van der Waals surface area contributed by atoms with Gasteiger partial charge < -0.3 is 14.4 Å². The van der Waals surface area contributed by atoms with E-state index >= 15 is 0 Å². The average Bonchev–Trinajstić information content (AvgIpc) is 2.83. The van der Waals surface area contributed by atoms with Gasteiger partial charge in [-0.1, -0.05) is 24.3 Å². The molecule has 0 unspecified atom stereocenters. The Labute approximate surface area is 207 Å². The van der Waals surface area contributed by atoms with Crippen molar-refractivity contribution in [2.75, 3.05) is 4.90 Å². The minimum absolute atomic E-state index is 0.155. The van der Waals surface area contributed by atoms with E-state index in [1.165, 1.54) is 38.1 Å². The van der Waals surface area contributed by atoms with Crippen molar-refractivity contribution in [1.29, 1.82) is 0 Å². The first-order valence-corrected chi connectivity index (χ1v) is 11.5. The molecule has 4 rings (SSSR count). The second kappa shape index (κ2) is 10.7. The number of halogens is 2. The van der Waals surface area contributed by atoms with E-state index in [1.54, 1.807) is 53.4 Å². The number of nitrogens with zero attached hydrogens (tertiary/aromatic N) is 1. The first-order chi connectivity index (χ1) is 17.2. The van der Waals surface area contributed by atoms with Crippen LogP contribution in [-0.4, -0.2) is 23.9 Å². The molecule has 1 amide bonds. The van der Waals surface area contributed by atoms with Crippen LogP contribution in [0.1, 0.15) is 49.8 Å². The third-order valence-electron chi connectivity index (χ3n) is 6.10. The largest absolute Gasteiger partial charge is 0.458 e. The maximum atomic E-state index is 13.5. The van der Waals surface area contributed by atoms with Gasteiger partial charge in [-0.3, -0.25) is 14.4 Å². The van der Waals surface area contributed by atoms with Gasteiger partial charge >= 0.3 is 11.9 Å². The van der Waals surface area contributed by atoms with E-state index in [2.05, 4.69) is 0 Å². The van der Waals surface area contributed by atoms with Crippen LogP contribution in [0.5, 0.6) is 5.75 Å². The molecule has 3 atom stereocenters. The average molecular weight is 494 g/mol. The molecule has 186 valence electrons. The molecule has 1 aliphatic rings. The lowest BCUT2D eigenvalue weighted by Crippen LogP contribution is -2.59. The van der Waals surface area contributed by atoms with Crippen LogP contribution in [0.3, 0.4) is 0 Å². The van der Waals surface area contributed by atoms with Gasteiger partial charge in [0.05, 0.1) is 12.0 Å². The summed E-state index contributed by atoms with van der Waals surface area (Å²) in [7, 11) is 0. The molecule has 1 aliphatic heterocycles. The Morgan fingerprint density at radius 3 is 2.00 bits per heavy atom. The van der Waals surface area contributed by atoms with Gasteiger partial charge in [0.15, 0.2) is 0 Å². The predicted molar refractivity (Wildman–Crippen MR) is 128 cm³/mol. The van der Waals surface area contributed by atoms with Gasteiger partial charge in [0.25, 0.3) is 0 Å². The smallest absolute Gasteiger partial charge is 0.308 e. The van der Waals surface area contributed by atoms with Crippen LogP contribution >= 0.6 is 0 Å². The summed E-state index contributed by atoms with van der Waals surface area (Å²) in [4.78, 5) is 37.9. The maximum absolute atomic E-state index is 13.5. The molecule has 3 aromatic carbocycles. The molecule has 8 heteroatoms. The monoisotopic (exact) mass is 493 g/mol. The van der Waals surface area contributed by atoms with Crippen LogP contribution in [0.15, 0.2) is 72.8 Å². The number of rotatable bonds is 8. The fourth-order valence-electron chi connectivity index (χ4n) is 4.53. The standard InChI is InChI=1S/C28H25F2NO5/c1-17(32)35-24-13-5-20(6-14-24)27-25(31(28(27)34)23-11-9-22(30)10-12-23)15-16-26(36-18(2)33)19-3-7-21(29)8-4-19/h3-14,25-27H,15-16H2,1-2H3/t25-,26+,27+/m0/s1. The van der Waals surface area contributed by atoms with E-state index in [1.807, 2.05) is 0 Å². The van der Waals surface area contributed by atoms with Gasteiger partial charge in [-0.15, -0.1) is 0 Å². The number of carbonyl (C=O) groups excluding carboxylic acids is 3. The molecular weight excluding hydrogens is 468 g/mol. The summed E-state index contributed by atoms with van der Waals surface area (Å²) in [6.07, 6.45) is 0.207. The van der Waals surface area contributed by atoms with Crippen molar-refractivity contribution >= 4 is 23.5 Å². The number of β-lactam (4-membered cyclic amide) rings is 1. The Kier molecular flexibility index (Phi) is 7.43. The zero-order valence-corrected chi connectivity index (χ0v) is 19.8.